The zero-order valence-electron chi connectivity index (χ0n) is 14.6. The van der Waals surface area contributed by atoms with E-state index < -0.39 is 0 Å². The molecule has 1 heteroatoms. The molecule has 2 aliphatic carbocycles. The first-order valence-corrected chi connectivity index (χ1v) is 9.89. The van der Waals surface area contributed by atoms with E-state index in [1.54, 1.807) is 0 Å². The Kier molecular flexibility index (Phi) is 8.14. The molecule has 0 radical (unpaired) electrons. The van der Waals surface area contributed by atoms with Gasteiger partial charge in [-0.2, -0.15) is 0 Å². The van der Waals surface area contributed by atoms with E-state index >= 15 is 0 Å². The fourth-order valence-electron chi connectivity index (χ4n) is 4.66. The standard InChI is InChI=1S/C20H38O/c1-3-5-17-6-8-18(9-7-17)10-11-19-12-14-20(15-13-19)16-21-4-2/h17-20H,3-16H2,1-2H3/t17-,18-,19?,20?. The van der Waals surface area contributed by atoms with Crippen molar-refractivity contribution in [1.82, 2.24) is 0 Å². The lowest BCUT2D eigenvalue weighted by Gasteiger charge is -2.32. The number of hydrogen-bond acceptors (Lipinski definition) is 1. The van der Waals surface area contributed by atoms with E-state index in [2.05, 4.69) is 13.8 Å². The lowest BCUT2D eigenvalue weighted by Crippen LogP contribution is -2.20. The summed E-state index contributed by atoms with van der Waals surface area (Å²) in [5, 5.41) is 0. The minimum Gasteiger partial charge on any atom is -0.381 e. The van der Waals surface area contributed by atoms with Crippen molar-refractivity contribution in [2.24, 2.45) is 23.7 Å². The molecule has 0 aliphatic heterocycles. The highest BCUT2D eigenvalue weighted by atomic mass is 16.5. The molecule has 2 rings (SSSR count). The van der Waals surface area contributed by atoms with Crippen molar-refractivity contribution in [3.63, 3.8) is 0 Å². The van der Waals surface area contributed by atoms with E-state index in [1.807, 2.05) is 0 Å². The molecule has 0 atom stereocenters. The molecule has 0 aromatic carbocycles. The quantitative estimate of drug-likeness (QED) is 0.516. The summed E-state index contributed by atoms with van der Waals surface area (Å²) in [5.74, 6) is 4.04. The van der Waals surface area contributed by atoms with Crippen LogP contribution in [-0.2, 0) is 4.74 Å². The van der Waals surface area contributed by atoms with Crippen LogP contribution in [0.2, 0.25) is 0 Å². The molecular weight excluding hydrogens is 256 g/mol. The molecule has 21 heavy (non-hydrogen) atoms. The summed E-state index contributed by atoms with van der Waals surface area (Å²) >= 11 is 0. The Bertz CT molecular complexity index is 247. The first kappa shape index (κ1) is 17.3. The average molecular weight is 295 g/mol. The molecule has 0 saturated heterocycles. The molecule has 0 heterocycles. The van der Waals surface area contributed by atoms with Crippen LogP contribution in [-0.4, -0.2) is 13.2 Å². The third-order valence-corrected chi connectivity index (χ3v) is 6.17. The van der Waals surface area contributed by atoms with Gasteiger partial charge in [0.25, 0.3) is 0 Å². The second kappa shape index (κ2) is 9.87. The molecule has 0 aromatic rings. The largest absolute Gasteiger partial charge is 0.381 e. The van der Waals surface area contributed by atoms with E-state index in [4.69, 9.17) is 4.74 Å². The highest BCUT2D eigenvalue weighted by molar-refractivity contribution is 4.76. The van der Waals surface area contributed by atoms with Crippen LogP contribution in [0.5, 0.6) is 0 Å². The van der Waals surface area contributed by atoms with Crippen LogP contribution >= 0.6 is 0 Å². The van der Waals surface area contributed by atoms with Gasteiger partial charge in [0.1, 0.15) is 0 Å². The van der Waals surface area contributed by atoms with Gasteiger partial charge in [0.15, 0.2) is 0 Å². The Labute approximate surface area is 133 Å². The molecular formula is C20H38O. The van der Waals surface area contributed by atoms with Crippen LogP contribution in [0.4, 0.5) is 0 Å². The van der Waals surface area contributed by atoms with Crippen molar-refractivity contribution < 1.29 is 4.74 Å². The predicted molar refractivity (Wildman–Crippen MR) is 91.5 cm³/mol. The van der Waals surface area contributed by atoms with Gasteiger partial charge in [-0.1, -0.05) is 71.1 Å². The molecule has 2 saturated carbocycles. The lowest BCUT2D eigenvalue weighted by atomic mass is 9.75. The second-order valence-electron chi connectivity index (χ2n) is 7.80. The van der Waals surface area contributed by atoms with E-state index in [9.17, 15) is 0 Å². The molecule has 0 amide bonds. The van der Waals surface area contributed by atoms with Gasteiger partial charge in [-0.3, -0.25) is 0 Å². The maximum Gasteiger partial charge on any atom is 0.0494 e. The molecule has 0 bridgehead atoms. The summed E-state index contributed by atoms with van der Waals surface area (Å²) in [5.41, 5.74) is 0. The van der Waals surface area contributed by atoms with Gasteiger partial charge in [0.05, 0.1) is 0 Å². The molecule has 1 nitrogen and oxygen atoms in total. The topological polar surface area (TPSA) is 9.23 Å². The highest BCUT2D eigenvalue weighted by Gasteiger charge is 2.24. The van der Waals surface area contributed by atoms with Crippen LogP contribution in [0.15, 0.2) is 0 Å². The van der Waals surface area contributed by atoms with Crippen LogP contribution in [0.25, 0.3) is 0 Å². The summed E-state index contributed by atoms with van der Waals surface area (Å²) in [7, 11) is 0. The first-order chi connectivity index (χ1) is 10.3. The monoisotopic (exact) mass is 294 g/mol. The van der Waals surface area contributed by atoms with Gasteiger partial charge < -0.3 is 4.74 Å². The van der Waals surface area contributed by atoms with Crippen LogP contribution < -0.4 is 0 Å². The summed E-state index contributed by atoms with van der Waals surface area (Å²) in [6, 6.07) is 0. The van der Waals surface area contributed by atoms with Gasteiger partial charge in [-0.15, -0.1) is 0 Å². The zero-order valence-corrected chi connectivity index (χ0v) is 14.6. The number of ether oxygens (including phenoxy) is 1. The third-order valence-electron chi connectivity index (χ3n) is 6.17. The normalized spacial score (nSPS) is 34.0. The molecule has 0 N–H and O–H groups in total. The minimum absolute atomic E-state index is 0.866. The van der Waals surface area contributed by atoms with E-state index in [-0.39, 0.29) is 0 Å². The fourth-order valence-corrected chi connectivity index (χ4v) is 4.66. The Hall–Kier alpha value is -0.0400. The lowest BCUT2D eigenvalue weighted by molar-refractivity contribution is 0.0842. The number of hydrogen-bond donors (Lipinski definition) is 0. The highest BCUT2D eigenvalue weighted by Crippen LogP contribution is 2.37. The molecule has 124 valence electrons. The third kappa shape index (κ3) is 6.30. The summed E-state index contributed by atoms with van der Waals surface area (Å²) in [6.45, 7) is 6.36. The van der Waals surface area contributed by atoms with E-state index in [0.29, 0.717) is 0 Å². The van der Waals surface area contributed by atoms with Gasteiger partial charge >= 0.3 is 0 Å². The van der Waals surface area contributed by atoms with Crippen molar-refractivity contribution in [2.75, 3.05) is 13.2 Å². The Morgan fingerprint density at radius 2 is 1.05 bits per heavy atom. The summed E-state index contributed by atoms with van der Waals surface area (Å²) < 4.78 is 5.59. The van der Waals surface area contributed by atoms with Gasteiger partial charge in [0, 0.05) is 13.2 Å². The van der Waals surface area contributed by atoms with Crippen molar-refractivity contribution in [2.45, 2.75) is 90.9 Å². The van der Waals surface area contributed by atoms with Crippen molar-refractivity contribution in [3.05, 3.63) is 0 Å². The van der Waals surface area contributed by atoms with E-state index in [1.165, 1.54) is 77.0 Å². The minimum atomic E-state index is 0.866. The molecule has 2 aliphatic rings. The Morgan fingerprint density at radius 1 is 0.619 bits per heavy atom. The summed E-state index contributed by atoms with van der Waals surface area (Å²) in [4.78, 5) is 0. The van der Waals surface area contributed by atoms with Gasteiger partial charge in [-0.25, -0.2) is 0 Å². The predicted octanol–water partition coefficient (Wildman–Crippen LogP) is 6.22. The smallest absolute Gasteiger partial charge is 0.0494 e. The first-order valence-electron chi connectivity index (χ1n) is 9.89. The summed E-state index contributed by atoms with van der Waals surface area (Å²) in [6.07, 6.45) is 17.8. The average Bonchev–Trinajstić information content (AvgIpc) is 2.53. The Balaban J connectivity index is 1.54. The molecule has 0 aromatic heterocycles. The Morgan fingerprint density at radius 3 is 1.48 bits per heavy atom. The molecule has 0 spiro atoms. The molecule has 2 fully saturated rings. The van der Waals surface area contributed by atoms with Gasteiger partial charge in [0.2, 0.25) is 0 Å². The van der Waals surface area contributed by atoms with E-state index in [0.717, 1.165) is 36.9 Å². The van der Waals surface area contributed by atoms with Crippen LogP contribution in [0.1, 0.15) is 90.9 Å². The van der Waals surface area contributed by atoms with Crippen LogP contribution in [0, 0.1) is 23.7 Å². The van der Waals surface area contributed by atoms with Crippen molar-refractivity contribution in [1.29, 1.82) is 0 Å². The second-order valence-corrected chi connectivity index (χ2v) is 7.80. The molecule has 0 unspecified atom stereocenters. The zero-order chi connectivity index (χ0) is 14.9. The van der Waals surface area contributed by atoms with Crippen molar-refractivity contribution in [3.8, 4) is 0 Å². The van der Waals surface area contributed by atoms with Crippen molar-refractivity contribution >= 4 is 0 Å². The van der Waals surface area contributed by atoms with Crippen LogP contribution in [0.3, 0.4) is 0 Å². The maximum absolute atomic E-state index is 5.59. The number of rotatable bonds is 8. The SMILES string of the molecule is CCC[C@H]1CC[C@H](CCC2CCC(COCC)CC2)CC1. The maximum atomic E-state index is 5.59. The fraction of sp³-hybridized carbons (Fsp3) is 1.00. The van der Waals surface area contributed by atoms with Gasteiger partial charge in [-0.05, 0) is 43.4 Å².